The molecule has 1 amide bonds. The van der Waals surface area contributed by atoms with Gasteiger partial charge in [0.15, 0.2) is 6.61 Å². The second-order valence-corrected chi connectivity index (χ2v) is 7.55. The van der Waals surface area contributed by atoms with E-state index >= 15 is 0 Å². The SMILES string of the molecule is CC1CCc2nc3ccccc3c(C(=O)OCC(=O)N(CCC#N)CCC#N)c2C1. The first-order valence-electron chi connectivity index (χ1n) is 10.1. The van der Waals surface area contributed by atoms with E-state index in [1.807, 2.05) is 36.4 Å². The minimum absolute atomic E-state index is 0.158. The molecule has 0 fully saturated rings. The summed E-state index contributed by atoms with van der Waals surface area (Å²) >= 11 is 0. The van der Waals surface area contributed by atoms with Gasteiger partial charge in [-0.15, -0.1) is 0 Å². The molecule has 1 aliphatic carbocycles. The summed E-state index contributed by atoms with van der Waals surface area (Å²) in [5, 5.41) is 18.3. The number of carbonyl (C=O) groups is 2. The van der Waals surface area contributed by atoms with Crippen LogP contribution >= 0.6 is 0 Å². The molecule has 0 aliphatic heterocycles. The van der Waals surface area contributed by atoms with Crippen molar-refractivity contribution in [2.24, 2.45) is 5.92 Å². The number of ether oxygens (including phenoxy) is 1. The lowest BCUT2D eigenvalue weighted by Gasteiger charge is -2.24. The average Bonchev–Trinajstić information content (AvgIpc) is 2.75. The Hall–Kier alpha value is -3.45. The lowest BCUT2D eigenvalue weighted by atomic mass is 9.84. The van der Waals surface area contributed by atoms with E-state index in [0.29, 0.717) is 11.5 Å². The molecule has 7 nitrogen and oxygen atoms in total. The van der Waals surface area contributed by atoms with Crippen LogP contribution in [0.4, 0.5) is 0 Å². The topological polar surface area (TPSA) is 107 Å². The number of benzene rings is 1. The molecule has 0 spiro atoms. The first-order chi connectivity index (χ1) is 14.5. The number of rotatable bonds is 7. The van der Waals surface area contributed by atoms with E-state index in [1.54, 1.807) is 0 Å². The number of nitrogens with zero attached hydrogens (tertiary/aromatic N) is 4. The summed E-state index contributed by atoms with van der Waals surface area (Å²) in [5.74, 6) is -0.497. The van der Waals surface area contributed by atoms with E-state index in [0.717, 1.165) is 41.4 Å². The number of hydrogen-bond acceptors (Lipinski definition) is 6. The normalized spacial score (nSPS) is 15.0. The fourth-order valence-corrected chi connectivity index (χ4v) is 3.82. The number of para-hydroxylation sites is 1. The number of amides is 1. The molecular formula is C23H24N4O3. The van der Waals surface area contributed by atoms with Crippen LogP contribution in [0.5, 0.6) is 0 Å². The summed E-state index contributed by atoms with van der Waals surface area (Å²) in [7, 11) is 0. The monoisotopic (exact) mass is 404 g/mol. The standard InChI is InChI=1S/C23H24N4O3/c1-16-8-9-20-18(14-16)22(17-6-2-3-7-19(17)26-20)23(29)30-15-21(28)27(12-4-10-24)13-5-11-25/h2-3,6-7,16H,4-5,8-9,12-15H2,1H3. The molecule has 154 valence electrons. The van der Waals surface area contributed by atoms with Crippen LogP contribution in [0.25, 0.3) is 10.9 Å². The summed E-state index contributed by atoms with van der Waals surface area (Å²) in [5.41, 5.74) is 3.08. The van der Waals surface area contributed by atoms with Crippen molar-refractivity contribution < 1.29 is 14.3 Å². The van der Waals surface area contributed by atoms with Gasteiger partial charge in [-0.1, -0.05) is 25.1 Å². The molecule has 1 aliphatic rings. The zero-order valence-corrected chi connectivity index (χ0v) is 17.1. The molecule has 0 radical (unpaired) electrons. The Labute approximate surface area is 175 Å². The number of fused-ring (bicyclic) bond motifs is 2. The molecule has 0 saturated carbocycles. The van der Waals surface area contributed by atoms with Gasteiger partial charge >= 0.3 is 5.97 Å². The van der Waals surface area contributed by atoms with Gasteiger partial charge in [0.1, 0.15) is 0 Å². The molecule has 3 rings (SSSR count). The van der Waals surface area contributed by atoms with Gasteiger partial charge in [-0.2, -0.15) is 10.5 Å². The fraction of sp³-hybridized carbons (Fsp3) is 0.435. The smallest absolute Gasteiger partial charge is 0.339 e. The van der Waals surface area contributed by atoms with E-state index in [2.05, 4.69) is 6.92 Å². The largest absolute Gasteiger partial charge is 0.452 e. The van der Waals surface area contributed by atoms with Gasteiger partial charge in [0.2, 0.25) is 0 Å². The number of pyridine rings is 1. The maximum absolute atomic E-state index is 13.1. The fourth-order valence-electron chi connectivity index (χ4n) is 3.82. The first kappa shape index (κ1) is 21.3. The maximum atomic E-state index is 13.1. The summed E-state index contributed by atoms with van der Waals surface area (Å²) < 4.78 is 5.42. The molecule has 1 atom stereocenters. The second-order valence-electron chi connectivity index (χ2n) is 7.55. The second kappa shape index (κ2) is 9.84. The van der Waals surface area contributed by atoms with Crippen molar-refractivity contribution in [3.05, 3.63) is 41.1 Å². The van der Waals surface area contributed by atoms with Crippen molar-refractivity contribution >= 4 is 22.8 Å². The molecule has 0 N–H and O–H groups in total. The molecule has 2 aromatic rings. The van der Waals surface area contributed by atoms with Crippen LogP contribution in [0, 0.1) is 28.6 Å². The highest BCUT2D eigenvalue weighted by Crippen LogP contribution is 2.32. The van der Waals surface area contributed by atoms with Gasteiger partial charge in [0, 0.05) is 24.2 Å². The minimum Gasteiger partial charge on any atom is -0.452 e. The highest BCUT2D eigenvalue weighted by molar-refractivity contribution is 6.05. The van der Waals surface area contributed by atoms with E-state index in [4.69, 9.17) is 20.2 Å². The zero-order valence-electron chi connectivity index (χ0n) is 17.1. The third-order valence-electron chi connectivity index (χ3n) is 5.38. The van der Waals surface area contributed by atoms with Crippen LogP contribution < -0.4 is 0 Å². The molecule has 0 bridgehead atoms. The van der Waals surface area contributed by atoms with Gasteiger partial charge in [0.05, 0.1) is 36.1 Å². The number of carbonyl (C=O) groups excluding carboxylic acids is 2. The van der Waals surface area contributed by atoms with Crippen LogP contribution in [0.2, 0.25) is 0 Å². The van der Waals surface area contributed by atoms with E-state index in [1.165, 1.54) is 4.90 Å². The van der Waals surface area contributed by atoms with Crippen molar-refractivity contribution in [1.82, 2.24) is 9.88 Å². The number of aryl methyl sites for hydroxylation is 1. The van der Waals surface area contributed by atoms with Crippen LogP contribution in [0.3, 0.4) is 0 Å². The molecule has 1 unspecified atom stereocenters. The highest BCUT2D eigenvalue weighted by Gasteiger charge is 2.27. The Balaban J connectivity index is 1.83. The van der Waals surface area contributed by atoms with Crippen molar-refractivity contribution in [2.75, 3.05) is 19.7 Å². The Morgan fingerprint density at radius 1 is 1.20 bits per heavy atom. The number of esters is 1. The molecule has 7 heteroatoms. The predicted molar refractivity (Wildman–Crippen MR) is 110 cm³/mol. The van der Waals surface area contributed by atoms with Crippen molar-refractivity contribution in [3.8, 4) is 12.1 Å². The molecular weight excluding hydrogens is 380 g/mol. The minimum atomic E-state index is -0.534. The Bertz CT molecular complexity index is 1020. The van der Waals surface area contributed by atoms with E-state index in [9.17, 15) is 9.59 Å². The Morgan fingerprint density at radius 2 is 1.90 bits per heavy atom. The van der Waals surface area contributed by atoms with Gasteiger partial charge in [-0.3, -0.25) is 9.78 Å². The third-order valence-corrected chi connectivity index (χ3v) is 5.38. The van der Waals surface area contributed by atoms with Crippen molar-refractivity contribution in [1.29, 1.82) is 10.5 Å². The van der Waals surface area contributed by atoms with Gasteiger partial charge in [-0.05, 0) is 36.8 Å². The van der Waals surface area contributed by atoms with E-state index in [-0.39, 0.29) is 25.9 Å². The molecule has 1 aromatic heterocycles. The summed E-state index contributed by atoms with van der Waals surface area (Å²) in [6, 6.07) is 11.4. The zero-order chi connectivity index (χ0) is 21.5. The Kier molecular flexibility index (Phi) is 6.98. The first-order valence-corrected chi connectivity index (χ1v) is 10.1. The number of nitriles is 2. The summed E-state index contributed by atoms with van der Waals surface area (Å²) in [6.07, 6.45) is 2.91. The Morgan fingerprint density at radius 3 is 2.60 bits per heavy atom. The van der Waals surface area contributed by atoms with Crippen LogP contribution in [0.1, 0.15) is 47.8 Å². The predicted octanol–water partition coefficient (Wildman–Crippen LogP) is 3.17. The van der Waals surface area contributed by atoms with E-state index < -0.39 is 18.5 Å². The van der Waals surface area contributed by atoms with Crippen LogP contribution in [-0.4, -0.2) is 41.5 Å². The number of aromatic nitrogens is 1. The summed E-state index contributed by atoms with van der Waals surface area (Å²) in [6.45, 7) is 2.15. The average molecular weight is 404 g/mol. The lowest BCUT2D eigenvalue weighted by molar-refractivity contribution is -0.134. The van der Waals surface area contributed by atoms with Crippen LogP contribution in [-0.2, 0) is 22.4 Å². The highest BCUT2D eigenvalue weighted by atomic mass is 16.5. The molecule has 1 aromatic carbocycles. The van der Waals surface area contributed by atoms with Crippen LogP contribution in [0.15, 0.2) is 24.3 Å². The van der Waals surface area contributed by atoms with Gasteiger partial charge in [-0.25, -0.2) is 4.79 Å². The summed E-state index contributed by atoms with van der Waals surface area (Å²) in [4.78, 5) is 31.7. The van der Waals surface area contributed by atoms with Crippen molar-refractivity contribution in [3.63, 3.8) is 0 Å². The van der Waals surface area contributed by atoms with Gasteiger partial charge in [0.25, 0.3) is 5.91 Å². The van der Waals surface area contributed by atoms with Gasteiger partial charge < -0.3 is 9.64 Å². The molecule has 0 saturated heterocycles. The molecule has 30 heavy (non-hydrogen) atoms. The third kappa shape index (κ3) is 4.75. The number of hydrogen-bond donors (Lipinski definition) is 0. The maximum Gasteiger partial charge on any atom is 0.339 e. The van der Waals surface area contributed by atoms with Crippen molar-refractivity contribution in [2.45, 2.75) is 39.0 Å². The lowest BCUT2D eigenvalue weighted by Crippen LogP contribution is -2.36. The quantitative estimate of drug-likeness (QED) is 0.656. The molecule has 1 heterocycles.